The molecule has 0 saturated heterocycles. The zero-order valence-corrected chi connectivity index (χ0v) is 25.6. The SMILES string of the molecule is COc1ccccc1NC(=O)C1=C(C)Nc2nc(SCc3ccccc3)nn2C1c1ccc(OCc2cccc(C)c2)cc1. The molecule has 0 fully saturated rings. The number of para-hydroxylation sites is 2. The molecular formula is C35H33N5O3S. The molecule has 9 heteroatoms. The third-order valence-corrected chi connectivity index (χ3v) is 8.24. The van der Waals surface area contributed by atoms with Crippen LogP contribution in [0.25, 0.3) is 0 Å². The highest BCUT2D eigenvalue weighted by Crippen LogP contribution is 2.38. The van der Waals surface area contributed by atoms with Gasteiger partial charge in [-0.1, -0.05) is 96.2 Å². The van der Waals surface area contributed by atoms with E-state index in [9.17, 15) is 4.79 Å². The van der Waals surface area contributed by atoms with Crippen LogP contribution in [-0.4, -0.2) is 27.8 Å². The second-order valence-electron chi connectivity index (χ2n) is 10.5. The van der Waals surface area contributed by atoms with Crippen LogP contribution in [-0.2, 0) is 17.2 Å². The predicted octanol–water partition coefficient (Wildman–Crippen LogP) is 7.39. The molecule has 44 heavy (non-hydrogen) atoms. The fourth-order valence-electron chi connectivity index (χ4n) is 5.17. The Bertz CT molecular complexity index is 1800. The Kier molecular flexibility index (Phi) is 8.65. The van der Waals surface area contributed by atoms with Crippen molar-refractivity contribution in [3.63, 3.8) is 0 Å². The van der Waals surface area contributed by atoms with E-state index < -0.39 is 6.04 Å². The number of carbonyl (C=O) groups excluding carboxylic acids is 1. The van der Waals surface area contributed by atoms with Crippen LogP contribution < -0.4 is 20.1 Å². The second-order valence-corrected chi connectivity index (χ2v) is 11.4. The van der Waals surface area contributed by atoms with Gasteiger partial charge in [-0.2, -0.15) is 4.98 Å². The number of hydrogen-bond donors (Lipinski definition) is 2. The average Bonchev–Trinajstić information content (AvgIpc) is 3.45. The largest absolute Gasteiger partial charge is 0.495 e. The van der Waals surface area contributed by atoms with Crippen LogP contribution in [0.1, 0.15) is 35.2 Å². The Labute approximate surface area is 261 Å². The summed E-state index contributed by atoms with van der Waals surface area (Å²) in [5.74, 6) is 2.37. The summed E-state index contributed by atoms with van der Waals surface area (Å²) in [7, 11) is 1.58. The quantitative estimate of drug-likeness (QED) is 0.161. The number of amides is 1. The van der Waals surface area contributed by atoms with Crippen molar-refractivity contribution < 1.29 is 14.3 Å². The number of nitrogens with zero attached hydrogens (tertiary/aromatic N) is 3. The average molecular weight is 604 g/mol. The van der Waals surface area contributed by atoms with Crippen molar-refractivity contribution in [1.29, 1.82) is 0 Å². The number of aromatic nitrogens is 3. The van der Waals surface area contributed by atoms with Crippen LogP contribution in [0.4, 0.5) is 11.6 Å². The Morgan fingerprint density at radius 3 is 2.45 bits per heavy atom. The van der Waals surface area contributed by atoms with Crippen molar-refractivity contribution in [3.05, 3.63) is 137 Å². The van der Waals surface area contributed by atoms with Gasteiger partial charge >= 0.3 is 0 Å². The summed E-state index contributed by atoms with van der Waals surface area (Å²) < 4.78 is 13.4. The van der Waals surface area contributed by atoms with Crippen LogP contribution in [0, 0.1) is 6.92 Å². The number of nitrogens with one attached hydrogen (secondary N) is 2. The van der Waals surface area contributed by atoms with Gasteiger partial charge in [0.25, 0.3) is 5.91 Å². The van der Waals surface area contributed by atoms with Crippen LogP contribution in [0.5, 0.6) is 11.5 Å². The number of aryl methyl sites for hydroxylation is 1. The Hall–Kier alpha value is -5.02. The van der Waals surface area contributed by atoms with Crippen molar-refractivity contribution in [2.24, 2.45) is 0 Å². The first-order chi connectivity index (χ1) is 21.5. The predicted molar refractivity (Wildman–Crippen MR) is 174 cm³/mol. The van der Waals surface area contributed by atoms with Crippen LogP contribution in [0.3, 0.4) is 0 Å². The highest BCUT2D eigenvalue weighted by Gasteiger charge is 2.34. The van der Waals surface area contributed by atoms with Crippen LogP contribution >= 0.6 is 11.8 Å². The summed E-state index contributed by atoms with van der Waals surface area (Å²) in [4.78, 5) is 18.7. The fourth-order valence-corrected chi connectivity index (χ4v) is 5.95. The molecule has 0 bridgehead atoms. The molecule has 0 saturated carbocycles. The number of thioether (sulfide) groups is 1. The first-order valence-corrected chi connectivity index (χ1v) is 15.3. The Morgan fingerprint density at radius 1 is 0.932 bits per heavy atom. The third kappa shape index (κ3) is 6.48. The second kappa shape index (κ2) is 13.1. The number of methoxy groups -OCH3 is 1. The van der Waals surface area contributed by atoms with Crippen molar-refractivity contribution in [3.8, 4) is 11.5 Å². The minimum absolute atomic E-state index is 0.260. The number of rotatable bonds is 10. The molecule has 0 aliphatic carbocycles. The molecule has 4 aromatic carbocycles. The van der Waals surface area contributed by atoms with Crippen LogP contribution in [0.2, 0.25) is 0 Å². The van der Waals surface area contributed by atoms with E-state index in [0.717, 1.165) is 22.6 Å². The molecule has 0 spiro atoms. The van der Waals surface area contributed by atoms with Gasteiger partial charge in [0, 0.05) is 11.4 Å². The van der Waals surface area contributed by atoms with E-state index in [2.05, 4.69) is 47.9 Å². The minimum Gasteiger partial charge on any atom is -0.495 e. The summed E-state index contributed by atoms with van der Waals surface area (Å²) in [5.41, 5.74) is 6.17. The molecule has 1 aliphatic rings. The molecule has 2 heterocycles. The molecule has 5 aromatic rings. The lowest BCUT2D eigenvalue weighted by Gasteiger charge is -2.29. The van der Waals surface area contributed by atoms with Crippen molar-refractivity contribution in [1.82, 2.24) is 14.8 Å². The number of hydrogen-bond acceptors (Lipinski definition) is 7. The molecule has 1 amide bonds. The van der Waals surface area contributed by atoms with Gasteiger partial charge in [-0.15, -0.1) is 5.10 Å². The summed E-state index contributed by atoms with van der Waals surface area (Å²) in [6, 6.07) is 33.1. The highest BCUT2D eigenvalue weighted by molar-refractivity contribution is 7.98. The normalized spacial score (nSPS) is 14.0. The van der Waals surface area contributed by atoms with Gasteiger partial charge in [0.05, 0.1) is 18.4 Å². The highest BCUT2D eigenvalue weighted by atomic mass is 32.2. The molecule has 222 valence electrons. The first-order valence-electron chi connectivity index (χ1n) is 14.3. The van der Waals surface area contributed by atoms with Gasteiger partial charge < -0.3 is 20.1 Å². The fraction of sp³-hybridized carbons (Fsp3) is 0.171. The van der Waals surface area contributed by atoms with E-state index in [-0.39, 0.29) is 5.91 Å². The van der Waals surface area contributed by atoms with E-state index in [1.807, 2.05) is 79.7 Å². The summed E-state index contributed by atoms with van der Waals surface area (Å²) in [6.07, 6.45) is 0. The van der Waals surface area contributed by atoms with Gasteiger partial charge in [0.15, 0.2) is 0 Å². The number of allylic oxidation sites excluding steroid dienone is 1. The summed E-state index contributed by atoms with van der Waals surface area (Å²) >= 11 is 1.55. The molecule has 1 unspecified atom stereocenters. The standard InChI is InChI=1S/C35H33N5O3S/c1-23-10-9-13-26(20-23)21-43-28-18-16-27(17-19-28)32-31(33(41)37-29-14-7-8-15-30(29)42-3)24(2)36-34-38-35(39-40(32)34)44-22-25-11-5-4-6-12-25/h4-20,32H,21-22H2,1-3H3,(H,37,41)(H,36,38,39). The molecule has 1 aromatic heterocycles. The minimum atomic E-state index is -0.523. The Balaban J connectivity index is 1.30. The molecule has 2 N–H and O–H groups in total. The van der Waals surface area contributed by atoms with Gasteiger partial charge in [-0.25, -0.2) is 4.68 Å². The van der Waals surface area contributed by atoms with Gasteiger partial charge in [-0.05, 0) is 54.8 Å². The van der Waals surface area contributed by atoms with Crippen molar-refractivity contribution in [2.45, 2.75) is 37.4 Å². The number of anilines is 2. The van der Waals surface area contributed by atoms with Gasteiger partial charge in [0.2, 0.25) is 11.1 Å². The number of benzene rings is 4. The van der Waals surface area contributed by atoms with Crippen LogP contribution in [0.15, 0.2) is 120 Å². The van der Waals surface area contributed by atoms with Crippen molar-refractivity contribution in [2.75, 3.05) is 17.7 Å². The van der Waals surface area contributed by atoms with E-state index in [4.69, 9.17) is 19.6 Å². The zero-order valence-electron chi connectivity index (χ0n) is 24.8. The topological polar surface area (TPSA) is 90.3 Å². The molecule has 1 aliphatic heterocycles. The maximum atomic E-state index is 14.0. The lowest BCUT2D eigenvalue weighted by molar-refractivity contribution is -0.113. The monoisotopic (exact) mass is 603 g/mol. The van der Waals surface area contributed by atoms with E-state index >= 15 is 0 Å². The number of carbonyl (C=O) groups is 1. The van der Waals surface area contributed by atoms with Crippen molar-refractivity contribution >= 4 is 29.3 Å². The van der Waals surface area contributed by atoms with E-state index in [1.54, 1.807) is 23.6 Å². The van der Waals surface area contributed by atoms with Gasteiger partial charge in [-0.3, -0.25) is 4.79 Å². The summed E-state index contributed by atoms with van der Waals surface area (Å²) in [6.45, 7) is 4.42. The number of ether oxygens (including phenoxy) is 2. The Morgan fingerprint density at radius 2 is 1.68 bits per heavy atom. The molecule has 6 rings (SSSR count). The van der Waals surface area contributed by atoms with E-state index in [0.29, 0.717) is 40.4 Å². The van der Waals surface area contributed by atoms with Gasteiger partial charge in [0.1, 0.15) is 24.1 Å². The smallest absolute Gasteiger partial charge is 0.255 e. The lowest BCUT2D eigenvalue weighted by Crippen LogP contribution is -2.31. The maximum Gasteiger partial charge on any atom is 0.255 e. The van der Waals surface area contributed by atoms with E-state index in [1.165, 1.54) is 11.1 Å². The number of fused-ring (bicyclic) bond motifs is 1. The molecule has 0 radical (unpaired) electrons. The molecule has 8 nitrogen and oxygen atoms in total. The molecule has 1 atom stereocenters. The first kappa shape index (κ1) is 29.1. The lowest BCUT2D eigenvalue weighted by atomic mass is 9.95. The zero-order chi connectivity index (χ0) is 30.5. The third-order valence-electron chi connectivity index (χ3n) is 7.33. The maximum absolute atomic E-state index is 14.0. The summed E-state index contributed by atoms with van der Waals surface area (Å²) in [5, 5.41) is 11.9. The molecular weight excluding hydrogens is 570 g/mol.